The summed E-state index contributed by atoms with van der Waals surface area (Å²) in [5.74, 6) is 1.08. The van der Waals surface area contributed by atoms with E-state index in [2.05, 4.69) is 25.3 Å². The standard InChI is InChI=1S/C18H19F2N6OP/c19-18(20,28)14-12(3-1-5-21-14)11-23-16-13-4-2-6-22-15(13)24-17(25-16)26-7-9-27-10-8-26/h1-6H,7-11,28H2,(H,22,23,24,25). The molecule has 0 saturated carbocycles. The summed E-state index contributed by atoms with van der Waals surface area (Å²) in [5.41, 5.74) is -2.44. The van der Waals surface area contributed by atoms with E-state index in [-0.39, 0.29) is 12.2 Å². The van der Waals surface area contributed by atoms with E-state index >= 15 is 0 Å². The first-order valence-electron chi connectivity index (χ1n) is 8.83. The molecular weight excluding hydrogens is 385 g/mol. The molecule has 1 unspecified atom stereocenters. The van der Waals surface area contributed by atoms with Crippen molar-refractivity contribution in [3.05, 3.63) is 47.9 Å². The van der Waals surface area contributed by atoms with E-state index in [9.17, 15) is 8.78 Å². The molecule has 0 bridgehead atoms. The summed E-state index contributed by atoms with van der Waals surface area (Å²) in [6.45, 7) is 2.73. The number of morpholine rings is 1. The van der Waals surface area contributed by atoms with Crippen molar-refractivity contribution in [2.75, 3.05) is 36.5 Å². The molecule has 1 N–H and O–H groups in total. The molecule has 3 aromatic rings. The van der Waals surface area contributed by atoms with E-state index in [1.807, 2.05) is 11.0 Å². The zero-order valence-corrected chi connectivity index (χ0v) is 16.1. The third-order valence-corrected chi connectivity index (χ3v) is 4.68. The molecule has 0 spiro atoms. The van der Waals surface area contributed by atoms with Gasteiger partial charge in [-0.25, -0.2) is 4.98 Å². The van der Waals surface area contributed by atoms with Crippen molar-refractivity contribution in [1.82, 2.24) is 19.9 Å². The molecular formula is C18H19F2N6OP. The van der Waals surface area contributed by atoms with E-state index in [4.69, 9.17) is 4.74 Å². The quantitative estimate of drug-likeness (QED) is 0.656. The maximum atomic E-state index is 13.8. The average molecular weight is 404 g/mol. The molecule has 10 heteroatoms. The lowest BCUT2D eigenvalue weighted by molar-refractivity contribution is 0.0975. The van der Waals surface area contributed by atoms with Gasteiger partial charge >= 0.3 is 5.66 Å². The first-order valence-corrected chi connectivity index (χ1v) is 9.40. The van der Waals surface area contributed by atoms with Crippen molar-refractivity contribution in [1.29, 1.82) is 0 Å². The molecule has 0 radical (unpaired) electrons. The minimum absolute atomic E-state index is 0.150. The third-order valence-electron chi connectivity index (χ3n) is 4.41. The molecule has 1 atom stereocenters. The fraction of sp³-hybridized carbons (Fsp3) is 0.333. The minimum Gasteiger partial charge on any atom is -0.378 e. The van der Waals surface area contributed by atoms with Gasteiger partial charge in [-0.3, -0.25) is 4.98 Å². The van der Waals surface area contributed by atoms with Crippen molar-refractivity contribution >= 4 is 32.0 Å². The van der Waals surface area contributed by atoms with Gasteiger partial charge in [0.1, 0.15) is 11.5 Å². The number of alkyl halides is 2. The predicted molar refractivity (Wildman–Crippen MR) is 106 cm³/mol. The summed E-state index contributed by atoms with van der Waals surface area (Å²) in [6.07, 6.45) is 3.02. The van der Waals surface area contributed by atoms with Crippen molar-refractivity contribution in [2.24, 2.45) is 0 Å². The lowest BCUT2D eigenvalue weighted by Gasteiger charge is -2.27. The number of hydrogen-bond donors (Lipinski definition) is 1. The summed E-state index contributed by atoms with van der Waals surface area (Å²) in [5, 5.41) is 3.89. The highest BCUT2D eigenvalue weighted by molar-refractivity contribution is 7.17. The Morgan fingerprint density at radius 2 is 1.86 bits per heavy atom. The fourth-order valence-electron chi connectivity index (χ4n) is 3.05. The van der Waals surface area contributed by atoms with Crippen molar-refractivity contribution in [3.8, 4) is 0 Å². The zero-order valence-electron chi connectivity index (χ0n) is 15.0. The Labute approximate surface area is 162 Å². The lowest BCUT2D eigenvalue weighted by atomic mass is 10.2. The zero-order chi connectivity index (χ0) is 19.6. The monoisotopic (exact) mass is 404 g/mol. The summed E-state index contributed by atoms with van der Waals surface area (Å²) < 4.78 is 33.0. The molecule has 7 nitrogen and oxygen atoms in total. The van der Waals surface area contributed by atoms with E-state index in [1.165, 1.54) is 15.4 Å². The smallest absolute Gasteiger partial charge is 0.300 e. The van der Waals surface area contributed by atoms with Crippen LogP contribution in [0.4, 0.5) is 20.5 Å². The Kier molecular flexibility index (Phi) is 5.28. The van der Waals surface area contributed by atoms with E-state index < -0.39 is 5.66 Å². The van der Waals surface area contributed by atoms with Crippen LogP contribution in [0.5, 0.6) is 0 Å². The normalized spacial score (nSPS) is 15.0. The van der Waals surface area contributed by atoms with Crippen LogP contribution >= 0.6 is 9.24 Å². The first-order chi connectivity index (χ1) is 13.5. The van der Waals surface area contributed by atoms with Crippen LogP contribution in [0.2, 0.25) is 0 Å². The van der Waals surface area contributed by atoms with E-state index in [0.29, 0.717) is 49.3 Å². The molecule has 0 amide bonds. The molecule has 1 aliphatic rings. The summed E-state index contributed by atoms with van der Waals surface area (Å²) in [7, 11) is 1.53. The Morgan fingerprint density at radius 1 is 1.11 bits per heavy atom. The summed E-state index contributed by atoms with van der Waals surface area (Å²) in [6, 6.07) is 6.90. The van der Waals surface area contributed by atoms with Crippen LogP contribution in [0.3, 0.4) is 0 Å². The number of ether oxygens (including phenoxy) is 1. The second-order valence-corrected chi connectivity index (χ2v) is 7.06. The molecule has 4 rings (SSSR count). The lowest BCUT2D eigenvalue weighted by Crippen LogP contribution is -2.37. The van der Waals surface area contributed by atoms with Gasteiger partial charge in [-0.2, -0.15) is 18.7 Å². The van der Waals surface area contributed by atoms with Gasteiger partial charge in [-0.05, 0) is 23.8 Å². The van der Waals surface area contributed by atoms with Crippen LogP contribution in [0.1, 0.15) is 11.3 Å². The fourth-order valence-corrected chi connectivity index (χ4v) is 3.31. The van der Waals surface area contributed by atoms with Gasteiger partial charge in [0.05, 0.1) is 18.6 Å². The number of nitrogens with one attached hydrogen (secondary N) is 1. The van der Waals surface area contributed by atoms with Gasteiger partial charge in [0.15, 0.2) is 5.65 Å². The molecule has 0 aromatic carbocycles. The number of anilines is 2. The molecule has 3 aromatic heterocycles. The maximum absolute atomic E-state index is 13.8. The number of nitrogens with zero attached hydrogens (tertiary/aromatic N) is 5. The van der Waals surface area contributed by atoms with Crippen LogP contribution in [-0.2, 0) is 16.9 Å². The number of aromatic nitrogens is 4. The third kappa shape index (κ3) is 4.00. The highest BCUT2D eigenvalue weighted by Gasteiger charge is 2.29. The Hall–Kier alpha value is -2.51. The molecule has 1 aliphatic heterocycles. The van der Waals surface area contributed by atoms with Crippen LogP contribution in [-0.4, -0.2) is 46.2 Å². The molecule has 28 heavy (non-hydrogen) atoms. The average Bonchev–Trinajstić information content (AvgIpc) is 2.72. The Bertz CT molecular complexity index is 978. The first kappa shape index (κ1) is 18.8. The van der Waals surface area contributed by atoms with Crippen LogP contribution < -0.4 is 10.2 Å². The maximum Gasteiger partial charge on any atom is 0.300 e. The topological polar surface area (TPSA) is 76.1 Å². The van der Waals surface area contributed by atoms with Crippen LogP contribution in [0.25, 0.3) is 11.0 Å². The SMILES string of the molecule is FC(F)(P)c1ncccc1CNc1nc(N2CCOCC2)nc2ncccc12. The Morgan fingerprint density at radius 3 is 2.64 bits per heavy atom. The van der Waals surface area contributed by atoms with Crippen LogP contribution in [0.15, 0.2) is 36.7 Å². The van der Waals surface area contributed by atoms with Crippen LogP contribution in [0, 0.1) is 0 Å². The van der Waals surface area contributed by atoms with Crippen molar-refractivity contribution < 1.29 is 13.5 Å². The van der Waals surface area contributed by atoms with E-state index in [1.54, 1.807) is 24.4 Å². The molecule has 146 valence electrons. The summed E-state index contributed by atoms with van der Waals surface area (Å²) in [4.78, 5) is 19.4. The van der Waals surface area contributed by atoms with Gasteiger partial charge < -0.3 is 15.0 Å². The highest BCUT2D eigenvalue weighted by Crippen LogP contribution is 2.35. The number of fused-ring (bicyclic) bond motifs is 1. The second kappa shape index (κ2) is 7.85. The molecule has 0 aliphatic carbocycles. The number of rotatable bonds is 5. The van der Waals surface area contributed by atoms with Gasteiger partial charge in [0.2, 0.25) is 5.95 Å². The van der Waals surface area contributed by atoms with Crippen molar-refractivity contribution in [2.45, 2.75) is 12.2 Å². The summed E-state index contributed by atoms with van der Waals surface area (Å²) >= 11 is 0. The van der Waals surface area contributed by atoms with E-state index in [0.717, 1.165) is 5.39 Å². The second-order valence-electron chi connectivity index (χ2n) is 6.33. The Balaban J connectivity index is 1.67. The molecule has 4 heterocycles. The minimum atomic E-state index is -3.10. The highest BCUT2D eigenvalue weighted by atomic mass is 31.0. The largest absolute Gasteiger partial charge is 0.378 e. The molecule has 1 fully saturated rings. The molecule has 1 saturated heterocycles. The van der Waals surface area contributed by atoms with Gasteiger partial charge in [0, 0.05) is 32.0 Å². The number of hydrogen-bond acceptors (Lipinski definition) is 7. The van der Waals surface area contributed by atoms with Gasteiger partial charge in [-0.15, -0.1) is 0 Å². The van der Waals surface area contributed by atoms with Crippen molar-refractivity contribution in [3.63, 3.8) is 0 Å². The number of halogens is 2. The van der Waals surface area contributed by atoms with Gasteiger partial charge in [-0.1, -0.05) is 15.3 Å². The predicted octanol–water partition coefficient (Wildman–Crippen LogP) is 2.79. The van der Waals surface area contributed by atoms with Gasteiger partial charge in [0.25, 0.3) is 0 Å². The number of pyridine rings is 2.